The molecule has 5 nitrogen and oxygen atoms in total. The molecule has 2 aromatic carbocycles. The summed E-state index contributed by atoms with van der Waals surface area (Å²) in [6.45, 7) is 3.71. The Balaban J connectivity index is 2.03. The predicted molar refractivity (Wildman–Crippen MR) is 114 cm³/mol. The summed E-state index contributed by atoms with van der Waals surface area (Å²) in [7, 11) is 0. The Morgan fingerprint density at radius 3 is 2.03 bits per heavy atom. The minimum atomic E-state index is -0.895. The first kappa shape index (κ1) is 22.4. The third kappa shape index (κ3) is 7.23. The molecule has 0 saturated carbocycles. The second-order valence-electron chi connectivity index (χ2n) is 5.99. The summed E-state index contributed by atoms with van der Waals surface area (Å²) in [6, 6.07) is 18.1. The number of carbonyl (C=O) groups excluding carboxylic acids is 3. The molecule has 0 bridgehead atoms. The van der Waals surface area contributed by atoms with E-state index in [-0.39, 0.29) is 19.6 Å². The van der Waals surface area contributed by atoms with Crippen molar-refractivity contribution in [1.82, 2.24) is 0 Å². The molecule has 0 heterocycles. The Morgan fingerprint density at radius 1 is 0.828 bits per heavy atom. The summed E-state index contributed by atoms with van der Waals surface area (Å²) < 4.78 is 9.73. The minimum absolute atomic E-state index is 0.132. The highest BCUT2D eigenvalue weighted by Crippen LogP contribution is 2.25. The smallest absolute Gasteiger partial charge is 0.374 e. The fourth-order valence-electron chi connectivity index (χ4n) is 2.47. The van der Waals surface area contributed by atoms with Crippen molar-refractivity contribution in [3.63, 3.8) is 0 Å². The third-order valence-electron chi connectivity index (χ3n) is 3.91. The lowest BCUT2D eigenvalue weighted by Gasteiger charge is -2.08. The molecule has 0 radical (unpaired) electrons. The molecular formula is C23H24O5S. The number of hydrogen-bond donors (Lipinski definition) is 0. The number of ketones is 1. The molecule has 0 amide bonds. The van der Waals surface area contributed by atoms with E-state index >= 15 is 0 Å². The van der Waals surface area contributed by atoms with Crippen molar-refractivity contribution in [1.29, 1.82) is 0 Å². The highest BCUT2D eigenvalue weighted by atomic mass is 32.2. The molecule has 0 saturated heterocycles. The molecule has 0 atom stereocenters. The van der Waals surface area contributed by atoms with E-state index < -0.39 is 17.7 Å². The Hall–Kier alpha value is -2.86. The van der Waals surface area contributed by atoms with Crippen molar-refractivity contribution < 1.29 is 23.9 Å². The van der Waals surface area contributed by atoms with Crippen LogP contribution in [0, 0.1) is 0 Å². The van der Waals surface area contributed by atoms with Gasteiger partial charge >= 0.3 is 11.9 Å². The molecule has 6 heteroatoms. The number of esters is 2. The van der Waals surface area contributed by atoms with Gasteiger partial charge in [-0.05, 0) is 30.5 Å². The Labute approximate surface area is 175 Å². The van der Waals surface area contributed by atoms with Crippen molar-refractivity contribution in [3.05, 3.63) is 71.1 Å². The third-order valence-corrected chi connectivity index (χ3v) is 5.03. The van der Waals surface area contributed by atoms with E-state index in [2.05, 4.69) is 4.74 Å². The standard InChI is InChI=1S/C23H24O5S/c1-3-27-22(25)20(24)14-15-21(23(26)28-4-2)29-16-17-10-12-19(13-11-17)18-8-6-5-7-9-18/h5-13,15H,3-4,14,16H2,1-2H3. The quantitative estimate of drug-likeness (QED) is 0.324. The average Bonchev–Trinajstić information content (AvgIpc) is 2.75. The van der Waals surface area contributed by atoms with E-state index in [9.17, 15) is 14.4 Å². The van der Waals surface area contributed by atoms with Crippen molar-refractivity contribution in [2.75, 3.05) is 13.2 Å². The van der Waals surface area contributed by atoms with Crippen LogP contribution in [0.1, 0.15) is 25.8 Å². The van der Waals surface area contributed by atoms with Gasteiger partial charge in [0.15, 0.2) is 0 Å². The zero-order valence-electron chi connectivity index (χ0n) is 16.6. The molecule has 152 valence electrons. The minimum Gasteiger partial charge on any atom is -0.462 e. The van der Waals surface area contributed by atoms with Crippen LogP contribution >= 0.6 is 11.8 Å². The number of thioether (sulfide) groups is 1. The number of benzene rings is 2. The summed E-state index contributed by atoms with van der Waals surface area (Å²) in [4.78, 5) is 35.7. The van der Waals surface area contributed by atoms with Gasteiger partial charge in [0.1, 0.15) is 0 Å². The summed E-state index contributed by atoms with van der Waals surface area (Å²) in [5.41, 5.74) is 3.28. The summed E-state index contributed by atoms with van der Waals surface area (Å²) >= 11 is 1.27. The van der Waals surface area contributed by atoms with Crippen molar-refractivity contribution >= 4 is 29.5 Å². The number of ether oxygens (including phenoxy) is 2. The second kappa shape index (κ2) is 11.9. The average molecular weight is 413 g/mol. The van der Waals surface area contributed by atoms with Crippen LogP contribution in [0.3, 0.4) is 0 Å². The monoisotopic (exact) mass is 412 g/mol. The summed E-state index contributed by atoms with van der Waals surface area (Å²) in [5.74, 6) is -1.56. The molecule has 0 aliphatic carbocycles. The van der Waals surface area contributed by atoms with E-state index in [0.29, 0.717) is 10.7 Å². The van der Waals surface area contributed by atoms with Crippen molar-refractivity contribution in [2.24, 2.45) is 0 Å². The van der Waals surface area contributed by atoms with E-state index in [1.807, 2.05) is 54.6 Å². The number of allylic oxidation sites excluding steroid dienone is 1. The van der Waals surface area contributed by atoms with E-state index in [1.165, 1.54) is 17.8 Å². The van der Waals surface area contributed by atoms with Gasteiger partial charge < -0.3 is 9.47 Å². The van der Waals surface area contributed by atoms with Gasteiger partial charge in [0, 0.05) is 12.2 Å². The SMILES string of the molecule is CCOC(=O)C(=O)CC=C(SCc1ccc(-c2ccccc2)cc1)C(=O)OCC. The lowest BCUT2D eigenvalue weighted by atomic mass is 10.0. The number of hydrogen-bond acceptors (Lipinski definition) is 6. The zero-order valence-corrected chi connectivity index (χ0v) is 17.4. The Kier molecular flexibility index (Phi) is 9.18. The van der Waals surface area contributed by atoms with Crippen LogP contribution in [0.5, 0.6) is 0 Å². The van der Waals surface area contributed by atoms with Gasteiger partial charge in [-0.15, -0.1) is 11.8 Å². The highest BCUT2D eigenvalue weighted by molar-refractivity contribution is 8.03. The van der Waals surface area contributed by atoms with Gasteiger partial charge in [-0.1, -0.05) is 60.7 Å². The lowest BCUT2D eigenvalue weighted by Crippen LogP contribution is -2.16. The molecule has 0 spiro atoms. The van der Waals surface area contributed by atoms with Gasteiger partial charge in [0.2, 0.25) is 5.78 Å². The Bertz CT molecular complexity index is 857. The van der Waals surface area contributed by atoms with E-state index in [4.69, 9.17) is 4.74 Å². The maximum Gasteiger partial charge on any atom is 0.374 e. The maximum atomic E-state index is 12.2. The van der Waals surface area contributed by atoms with Gasteiger partial charge in [-0.2, -0.15) is 0 Å². The largest absolute Gasteiger partial charge is 0.462 e. The zero-order chi connectivity index (χ0) is 21.1. The molecule has 0 unspecified atom stereocenters. The van der Waals surface area contributed by atoms with Crippen molar-refractivity contribution in [3.8, 4) is 11.1 Å². The van der Waals surface area contributed by atoms with E-state index in [0.717, 1.165) is 16.7 Å². The summed E-state index contributed by atoms with van der Waals surface area (Å²) in [5, 5.41) is 0. The van der Waals surface area contributed by atoms with Crippen molar-refractivity contribution in [2.45, 2.75) is 26.0 Å². The van der Waals surface area contributed by atoms with Crippen LogP contribution in [-0.4, -0.2) is 30.9 Å². The number of Topliss-reactive ketones (excluding diaryl/α,β-unsaturated/α-hetero) is 1. The van der Waals surface area contributed by atoms with Gasteiger partial charge in [-0.3, -0.25) is 4.79 Å². The van der Waals surface area contributed by atoms with Crippen LogP contribution in [0.2, 0.25) is 0 Å². The van der Waals surface area contributed by atoms with Crippen LogP contribution in [0.15, 0.2) is 65.6 Å². The van der Waals surface area contributed by atoms with Gasteiger partial charge in [0.25, 0.3) is 0 Å². The first-order valence-corrected chi connectivity index (χ1v) is 10.4. The van der Waals surface area contributed by atoms with Crippen LogP contribution in [0.25, 0.3) is 11.1 Å². The maximum absolute atomic E-state index is 12.2. The Morgan fingerprint density at radius 2 is 1.41 bits per heavy atom. The van der Waals surface area contributed by atoms with Crippen LogP contribution in [-0.2, 0) is 29.6 Å². The predicted octanol–water partition coefficient (Wildman–Crippen LogP) is 4.56. The topological polar surface area (TPSA) is 69.7 Å². The molecule has 0 aliphatic rings. The second-order valence-corrected chi connectivity index (χ2v) is 7.01. The summed E-state index contributed by atoms with van der Waals surface area (Å²) in [6.07, 6.45) is 1.23. The molecular weight excluding hydrogens is 388 g/mol. The molecule has 2 rings (SSSR count). The molecule has 0 aliphatic heterocycles. The highest BCUT2D eigenvalue weighted by Gasteiger charge is 2.17. The first-order chi connectivity index (χ1) is 14.0. The number of carbonyl (C=O) groups is 3. The molecule has 2 aromatic rings. The van der Waals surface area contributed by atoms with E-state index in [1.54, 1.807) is 13.8 Å². The molecule has 29 heavy (non-hydrogen) atoms. The fourth-order valence-corrected chi connectivity index (χ4v) is 3.36. The van der Waals surface area contributed by atoms with Crippen LogP contribution < -0.4 is 0 Å². The first-order valence-electron chi connectivity index (χ1n) is 9.39. The van der Waals surface area contributed by atoms with Gasteiger partial charge in [-0.25, -0.2) is 9.59 Å². The fraction of sp³-hybridized carbons (Fsp3) is 0.261. The number of rotatable bonds is 10. The molecule has 0 N–H and O–H groups in total. The molecule has 0 aromatic heterocycles. The van der Waals surface area contributed by atoms with Gasteiger partial charge in [0.05, 0.1) is 18.1 Å². The normalized spacial score (nSPS) is 11.0. The van der Waals surface area contributed by atoms with Crippen LogP contribution in [0.4, 0.5) is 0 Å². The molecule has 0 fully saturated rings. The lowest BCUT2D eigenvalue weighted by molar-refractivity contribution is -0.153.